The summed E-state index contributed by atoms with van der Waals surface area (Å²) in [6.45, 7) is -5.46. The Labute approximate surface area is 85.7 Å². The van der Waals surface area contributed by atoms with Crippen LogP contribution in [0.3, 0.4) is 0 Å². The largest absolute Gasteiger partial charge is 0.537 e. The molecule has 1 rings (SSSR count). The first-order chi connectivity index (χ1) is 7.00. The van der Waals surface area contributed by atoms with E-state index in [1.807, 2.05) is 6.07 Å². The Hall–Kier alpha value is -1.26. The molecule has 82 valence electrons. The van der Waals surface area contributed by atoms with E-state index in [-0.39, 0.29) is 6.42 Å². The van der Waals surface area contributed by atoms with Gasteiger partial charge in [0.25, 0.3) is 0 Å². The molecule has 0 heterocycles. The fourth-order valence-corrected chi connectivity index (χ4v) is 1.16. The number of hydrogen-bond donors (Lipinski definition) is 0. The zero-order valence-electron chi connectivity index (χ0n) is 7.97. The van der Waals surface area contributed by atoms with Crippen molar-refractivity contribution in [3.8, 4) is 0 Å². The van der Waals surface area contributed by atoms with E-state index >= 15 is 0 Å². The first-order valence-electron chi connectivity index (χ1n) is 4.59. The molecule has 5 heteroatoms. The maximum Gasteiger partial charge on any atom is 0.537 e. The van der Waals surface area contributed by atoms with Crippen LogP contribution < -0.4 is 0 Å². The van der Waals surface area contributed by atoms with E-state index in [1.54, 1.807) is 24.3 Å². The Morgan fingerprint density at radius 3 is 2.27 bits per heavy atom. The van der Waals surface area contributed by atoms with E-state index < -0.39 is 12.7 Å². The van der Waals surface area contributed by atoms with Crippen LogP contribution in [0.2, 0.25) is 0 Å². The predicted octanol–water partition coefficient (Wildman–Crippen LogP) is 3.86. The van der Waals surface area contributed by atoms with Gasteiger partial charge < -0.3 is 12.9 Å². The van der Waals surface area contributed by atoms with Gasteiger partial charge in [-0.2, -0.15) is 0 Å². The van der Waals surface area contributed by atoms with Crippen LogP contribution in [0.1, 0.15) is 12.0 Å². The van der Waals surface area contributed by atoms with Gasteiger partial charge in [-0.15, -0.1) is 0 Å². The summed E-state index contributed by atoms with van der Waals surface area (Å²) in [6, 6.07) is 9.00. The van der Waals surface area contributed by atoms with Crippen LogP contribution in [-0.4, -0.2) is 6.98 Å². The van der Waals surface area contributed by atoms with Crippen LogP contribution in [0.25, 0.3) is 0 Å². The molecular weight excluding hydrogens is 207 g/mol. The number of allylic oxidation sites excluding steroid dienone is 1. The van der Waals surface area contributed by atoms with Gasteiger partial charge in [0.15, 0.2) is 0 Å². The number of hydrogen-bond acceptors (Lipinski definition) is 0. The van der Waals surface area contributed by atoms with Gasteiger partial charge in [0.05, 0.1) is 0 Å². The molecule has 1 aromatic carbocycles. The van der Waals surface area contributed by atoms with Crippen LogP contribution in [0.4, 0.5) is 17.3 Å². The lowest BCUT2D eigenvalue weighted by Crippen LogP contribution is -2.16. The second kappa shape index (κ2) is 5.00. The second-order valence-corrected chi connectivity index (χ2v) is 3.19. The van der Waals surface area contributed by atoms with E-state index in [4.69, 9.17) is 0 Å². The maximum atomic E-state index is 12.4. The zero-order valence-corrected chi connectivity index (χ0v) is 7.97. The predicted molar refractivity (Wildman–Crippen MR) is 53.0 cm³/mol. The number of rotatable bonds is 4. The average Bonchev–Trinajstić information content (AvgIpc) is 2.18. The molecule has 0 bridgehead atoms. The molecule has 0 atom stereocenters. The summed E-state index contributed by atoms with van der Waals surface area (Å²) >= 11 is 0. The highest BCUT2D eigenvalue weighted by molar-refractivity contribution is 6.65. The Kier molecular flexibility index (Phi) is 3.94. The minimum atomic E-state index is -5.46. The van der Waals surface area contributed by atoms with Crippen LogP contribution in [-0.2, 0) is 6.42 Å². The quantitative estimate of drug-likeness (QED) is 0.530. The topological polar surface area (TPSA) is 0 Å². The standard InChI is InChI=1S/C10H10BF4/c12-10(11(13,14)15)8-4-7-9-5-2-1-3-6-9/h1-3,5-6,8H,4,7H2/q-1/b10-8-. The van der Waals surface area contributed by atoms with E-state index in [0.717, 1.165) is 5.56 Å². The van der Waals surface area contributed by atoms with Crippen molar-refractivity contribution in [2.75, 3.05) is 0 Å². The molecule has 0 spiro atoms. The lowest BCUT2D eigenvalue weighted by atomic mass is 9.88. The van der Waals surface area contributed by atoms with Gasteiger partial charge >= 0.3 is 6.98 Å². The summed E-state index contributed by atoms with van der Waals surface area (Å²) in [5, 5.41) is 0. The number of benzene rings is 1. The summed E-state index contributed by atoms with van der Waals surface area (Å²) in [6.07, 6.45) is 1.09. The summed E-state index contributed by atoms with van der Waals surface area (Å²) in [4.78, 5) is 0. The number of halogens is 4. The van der Waals surface area contributed by atoms with Crippen LogP contribution in [0, 0.1) is 0 Å². The van der Waals surface area contributed by atoms with E-state index in [0.29, 0.717) is 12.5 Å². The Morgan fingerprint density at radius 2 is 1.73 bits per heavy atom. The van der Waals surface area contributed by atoms with E-state index in [2.05, 4.69) is 0 Å². The molecule has 0 amide bonds. The van der Waals surface area contributed by atoms with Gasteiger partial charge in [-0.3, -0.25) is 0 Å². The van der Waals surface area contributed by atoms with Crippen LogP contribution >= 0.6 is 0 Å². The highest BCUT2D eigenvalue weighted by Gasteiger charge is 2.28. The van der Waals surface area contributed by atoms with E-state index in [1.165, 1.54) is 0 Å². The smallest absolute Gasteiger partial charge is 0.443 e. The first-order valence-corrected chi connectivity index (χ1v) is 4.59. The molecule has 0 saturated carbocycles. The summed E-state index contributed by atoms with van der Waals surface area (Å²) in [5.74, 6) is 0. The molecule has 0 aliphatic rings. The fourth-order valence-electron chi connectivity index (χ4n) is 1.16. The van der Waals surface area contributed by atoms with Crippen molar-refractivity contribution in [2.24, 2.45) is 0 Å². The molecule has 0 N–H and O–H groups in total. The van der Waals surface area contributed by atoms with Gasteiger partial charge in [-0.25, -0.2) is 4.39 Å². The first kappa shape index (κ1) is 11.8. The van der Waals surface area contributed by atoms with Crippen LogP contribution in [0.15, 0.2) is 42.1 Å². The minimum absolute atomic E-state index is 0.0666. The van der Waals surface area contributed by atoms with Gasteiger partial charge in [-0.05, 0) is 18.4 Å². The van der Waals surface area contributed by atoms with Crippen molar-refractivity contribution < 1.29 is 17.3 Å². The number of aryl methyl sites for hydroxylation is 1. The summed E-state index contributed by atoms with van der Waals surface area (Å²) in [7, 11) is 0. The molecule has 0 unspecified atom stereocenters. The van der Waals surface area contributed by atoms with Crippen molar-refractivity contribution in [1.82, 2.24) is 0 Å². The monoisotopic (exact) mass is 217 g/mol. The normalized spacial score (nSPS) is 12.9. The minimum Gasteiger partial charge on any atom is -0.443 e. The third-order valence-electron chi connectivity index (χ3n) is 1.93. The SMILES string of the molecule is F/C(=C\CCc1ccccc1)[B-](F)(F)F. The fraction of sp³-hybridized carbons (Fsp3) is 0.200. The summed E-state index contributed by atoms with van der Waals surface area (Å²) < 4.78 is 47.8. The third kappa shape index (κ3) is 4.19. The molecule has 0 saturated heterocycles. The molecule has 15 heavy (non-hydrogen) atoms. The highest BCUT2D eigenvalue weighted by atomic mass is 19.4. The lowest BCUT2D eigenvalue weighted by molar-refractivity contribution is 0.451. The lowest BCUT2D eigenvalue weighted by Gasteiger charge is -2.10. The van der Waals surface area contributed by atoms with Gasteiger partial charge in [-0.1, -0.05) is 36.4 Å². The molecule has 0 aliphatic carbocycles. The Morgan fingerprint density at radius 1 is 1.13 bits per heavy atom. The van der Waals surface area contributed by atoms with Crippen molar-refractivity contribution in [3.63, 3.8) is 0 Å². The molecule has 0 radical (unpaired) electrons. The van der Waals surface area contributed by atoms with Crippen LogP contribution in [0.5, 0.6) is 0 Å². The van der Waals surface area contributed by atoms with Gasteiger partial charge in [0.1, 0.15) is 0 Å². The Bertz CT molecular complexity index is 329. The van der Waals surface area contributed by atoms with Crippen molar-refractivity contribution in [3.05, 3.63) is 47.7 Å². The van der Waals surface area contributed by atoms with Gasteiger partial charge in [0.2, 0.25) is 0 Å². The van der Waals surface area contributed by atoms with Gasteiger partial charge in [0, 0.05) is 5.73 Å². The Balaban J connectivity index is 2.46. The molecule has 0 fully saturated rings. The molecule has 0 aromatic heterocycles. The highest BCUT2D eigenvalue weighted by Crippen LogP contribution is 2.21. The molecule has 0 aliphatic heterocycles. The zero-order chi connectivity index (χ0) is 11.3. The van der Waals surface area contributed by atoms with E-state index in [9.17, 15) is 17.3 Å². The second-order valence-electron chi connectivity index (χ2n) is 3.19. The molecule has 1 aromatic rings. The van der Waals surface area contributed by atoms with Crippen molar-refractivity contribution in [1.29, 1.82) is 0 Å². The molecule has 0 nitrogen and oxygen atoms in total. The molecular formula is C10H10BF4-. The van der Waals surface area contributed by atoms with Crippen molar-refractivity contribution in [2.45, 2.75) is 12.8 Å². The summed E-state index contributed by atoms with van der Waals surface area (Å²) in [5.41, 5.74) is -1.05. The average molecular weight is 217 g/mol. The third-order valence-corrected chi connectivity index (χ3v) is 1.93. The van der Waals surface area contributed by atoms with Crippen molar-refractivity contribution >= 4 is 6.98 Å². The maximum absolute atomic E-state index is 12.4.